The van der Waals surface area contributed by atoms with Gasteiger partial charge in [0.1, 0.15) is 0 Å². The van der Waals surface area contributed by atoms with Crippen molar-refractivity contribution in [2.45, 2.75) is 13.1 Å². The lowest BCUT2D eigenvalue weighted by molar-refractivity contribution is 0.1000. The fraction of sp³-hybridized carbons (Fsp3) is 0.154. The SMILES string of the molecule is NC(=O)c1cccc(CNCc2ccsc2)c1. The third kappa shape index (κ3) is 3.41. The van der Waals surface area contributed by atoms with E-state index in [1.54, 1.807) is 17.4 Å². The summed E-state index contributed by atoms with van der Waals surface area (Å²) in [5.74, 6) is -0.385. The molecule has 0 fully saturated rings. The minimum atomic E-state index is -0.385. The molecule has 1 aromatic carbocycles. The first kappa shape index (κ1) is 11.8. The zero-order valence-corrected chi connectivity index (χ0v) is 10.2. The summed E-state index contributed by atoms with van der Waals surface area (Å²) in [4.78, 5) is 11.0. The van der Waals surface area contributed by atoms with Crippen molar-refractivity contribution in [2.24, 2.45) is 5.73 Å². The van der Waals surface area contributed by atoms with E-state index in [2.05, 4.69) is 22.1 Å². The second kappa shape index (κ2) is 5.61. The lowest BCUT2D eigenvalue weighted by atomic mass is 10.1. The third-order valence-corrected chi connectivity index (χ3v) is 3.18. The van der Waals surface area contributed by atoms with E-state index in [-0.39, 0.29) is 5.91 Å². The van der Waals surface area contributed by atoms with Gasteiger partial charge in [-0.05, 0) is 40.1 Å². The van der Waals surface area contributed by atoms with E-state index in [4.69, 9.17) is 5.73 Å². The van der Waals surface area contributed by atoms with E-state index >= 15 is 0 Å². The third-order valence-electron chi connectivity index (χ3n) is 2.45. The Morgan fingerprint density at radius 2 is 2.06 bits per heavy atom. The van der Waals surface area contributed by atoms with Crippen LogP contribution in [0.4, 0.5) is 0 Å². The summed E-state index contributed by atoms with van der Waals surface area (Å²) < 4.78 is 0. The molecule has 88 valence electrons. The molecule has 0 saturated heterocycles. The highest BCUT2D eigenvalue weighted by atomic mass is 32.1. The molecule has 1 amide bonds. The van der Waals surface area contributed by atoms with Crippen LogP contribution in [0.25, 0.3) is 0 Å². The molecule has 3 N–H and O–H groups in total. The Kier molecular flexibility index (Phi) is 3.90. The van der Waals surface area contributed by atoms with Crippen LogP contribution in [0.1, 0.15) is 21.5 Å². The molecule has 2 rings (SSSR count). The van der Waals surface area contributed by atoms with Crippen LogP contribution < -0.4 is 11.1 Å². The van der Waals surface area contributed by atoms with Crippen LogP contribution in [0.3, 0.4) is 0 Å². The molecule has 0 aliphatic heterocycles. The standard InChI is InChI=1S/C13H14N2OS/c14-13(16)12-3-1-2-10(6-12)7-15-8-11-4-5-17-9-11/h1-6,9,15H,7-8H2,(H2,14,16). The molecule has 0 spiro atoms. The molecule has 17 heavy (non-hydrogen) atoms. The minimum absolute atomic E-state index is 0.385. The van der Waals surface area contributed by atoms with Gasteiger partial charge in [-0.3, -0.25) is 4.79 Å². The molecule has 0 aliphatic carbocycles. The van der Waals surface area contributed by atoms with E-state index < -0.39 is 0 Å². The van der Waals surface area contributed by atoms with Crippen LogP contribution in [-0.4, -0.2) is 5.91 Å². The van der Waals surface area contributed by atoms with Gasteiger partial charge in [0.25, 0.3) is 0 Å². The van der Waals surface area contributed by atoms with Gasteiger partial charge < -0.3 is 11.1 Å². The van der Waals surface area contributed by atoms with Crippen molar-refractivity contribution < 1.29 is 4.79 Å². The Labute approximate surface area is 104 Å². The van der Waals surface area contributed by atoms with E-state index in [1.807, 2.05) is 18.2 Å². The molecule has 0 aliphatic rings. The number of nitrogens with one attached hydrogen (secondary N) is 1. The first-order valence-corrected chi connectivity index (χ1v) is 6.30. The van der Waals surface area contributed by atoms with Gasteiger partial charge in [0, 0.05) is 18.7 Å². The maximum absolute atomic E-state index is 11.0. The van der Waals surface area contributed by atoms with Crippen LogP contribution in [0.15, 0.2) is 41.1 Å². The lowest BCUT2D eigenvalue weighted by Crippen LogP contribution is -2.14. The average Bonchev–Trinajstić information content (AvgIpc) is 2.82. The van der Waals surface area contributed by atoms with Gasteiger partial charge >= 0.3 is 0 Å². The van der Waals surface area contributed by atoms with Crippen LogP contribution in [0.2, 0.25) is 0 Å². The molecule has 0 unspecified atom stereocenters. The average molecular weight is 246 g/mol. The Bertz CT molecular complexity index is 494. The number of thiophene rings is 1. The zero-order chi connectivity index (χ0) is 12.1. The van der Waals surface area contributed by atoms with Crippen molar-refractivity contribution in [3.05, 3.63) is 57.8 Å². The van der Waals surface area contributed by atoms with E-state index in [1.165, 1.54) is 5.56 Å². The number of amides is 1. The first-order valence-electron chi connectivity index (χ1n) is 5.36. The van der Waals surface area contributed by atoms with E-state index in [0.717, 1.165) is 18.7 Å². The zero-order valence-electron chi connectivity index (χ0n) is 9.35. The molecule has 0 saturated carbocycles. The topological polar surface area (TPSA) is 55.1 Å². The largest absolute Gasteiger partial charge is 0.366 e. The number of carbonyl (C=O) groups is 1. The predicted molar refractivity (Wildman–Crippen MR) is 69.8 cm³/mol. The van der Waals surface area contributed by atoms with Gasteiger partial charge in [-0.1, -0.05) is 12.1 Å². The van der Waals surface area contributed by atoms with Gasteiger partial charge in [-0.25, -0.2) is 0 Å². The summed E-state index contributed by atoms with van der Waals surface area (Å²) in [5, 5.41) is 7.50. The lowest BCUT2D eigenvalue weighted by Gasteiger charge is -2.04. The van der Waals surface area contributed by atoms with Crippen LogP contribution >= 0.6 is 11.3 Å². The first-order chi connectivity index (χ1) is 8.25. The highest BCUT2D eigenvalue weighted by Crippen LogP contribution is 2.07. The molecule has 2 aromatic rings. The molecule has 3 nitrogen and oxygen atoms in total. The fourth-order valence-corrected chi connectivity index (χ4v) is 2.25. The maximum Gasteiger partial charge on any atom is 0.248 e. The van der Waals surface area contributed by atoms with Crippen molar-refractivity contribution in [2.75, 3.05) is 0 Å². The molecule has 1 heterocycles. The minimum Gasteiger partial charge on any atom is -0.366 e. The molecule has 1 aromatic heterocycles. The second-order valence-corrected chi connectivity index (χ2v) is 4.58. The predicted octanol–water partition coefficient (Wildman–Crippen LogP) is 2.14. The number of primary amides is 1. The number of carbonyl (C=O) groups excluding carboxylic acids is 1. The highest BCUT2D eigenvalue weighted by molar-refractivity contribution is 7.07. The quantitative estimate of drug-likeness (QED) is 0.849. The van der Waals surface area contributed by atoms with Crippen molar-refractivity contribution in [3.8, 4) is 0 Å². The molecule has 0 bridgehead atoms. The summed E-state index contributed by atoms with van der Waals surface area (Å²) in [7, 11) is 0. The monoisotopic (exact) mass is 246 g/mol. The van der Waals surface area contributed by atoms with Crippen LogP contribution in [0, 0.1) is 0 Å². The number of rotatable bonds is 5. The van der Waals surface area contributed by atoms with Crippen LogP contribution in [-0.2, 0) is 13.1 Å². The Hall–Kier alpha value is -1.65. The van der Waals surface area contributed by atoms with Crippen LogP contribution in [0.5, 0.6) is 0 Å². The van der Waals surface area contributed by atoms with E-state index in [0.29, 0.717) is 5.56 Å². The molecule has 0 atom stereocenters. The Balaban J connectivity index is 1.90. The molecular weight excluding hydrogens is 232 g/mol. The summed E-state index contributed by atoms with van der Waals surface area (Å²) in [6.45, 7) is 1.57. The molecular formula is C13H14N2OS. The van der Waals surface area contributed by atoms with Gasteiger partial charge in [0.2, 0.25) is 5.91 Å². The van der Waals surface area contributed by atoms with Crippen molar-refractivity contribution in [3.63, 3.8) is 0 Å². The Morgan fingerprint density at radius 1 is 1.24 bits per heavy atom. The van der Waals surface area contributed by atoms with Gasteiger partial charge in [0.05, 0.1) is 0 Å². The summed E-state index contributed by atoms with van der Waals surface area (Å²) in [6, 6.07) is 9.47. The molecule has 0 radical (unpaired) electrons. The van der Waals surface area contributed by atoms with Crippen molar-refractivity contribution in [1.82, 2.24) is 5.32 Å². The smallest absolute Gasteiger partial charge is 0.248 e. The Morgan fingerprint density at radius 3 is 2.76 bits per heavy atom. The summed E-state index contributed by atoms with van der Waals surface area (Å²) in [6.07, 6.45) is 0. The maximum atomic E-state index is 11.0. The van der Waals surface area contributed by atoms with Crippen molar-refractivity contribution in [1.29, 1.82) is 0 Å². The number of hydrogen-bond donors (Lipinski definition) is 2. The second-order valence-electron chi connectivity index (χ2n) is 3.80. The van der Waals surface area contributed by atoms with Gasteiger partial charge in [-0.15, -0.1) is 0 Å². The molecule has 4 heteroatoms. The number of nitrogens with two attached hydrogens (primary N) is 1. The van der Waals surface area contributed by atoms with Gasteiger partial charge in [-0.2, -0.15) is 11.3 Å². The fourth-order valence-electron chi connectivity index (χ4n) is 1.58. The van der Waals surface area contributed by atoms with Gasteiger partial charge in [0.15, 0.2) is 0 Å². The summed E-state index contributed by atoms with van der Waals surface area (Å²) in [5.41, 5.74) is 8.13. The number of benzene rings is 1. The van der Waals surface area contributed by atoms with Crippen molar-refractivity contribution >= 4 is 17.2 Å². The normalized spacial score (nSPS) is 10.4. The highest BCUT2D eigenvalue weighted by Gasteiger charge is 2.01. The van der Waals surface area contributed by atoms with E-state index in [9.17, 15) is 4.79 Å². The summed E-state index contributed by atoms with van der Waals surface area (Å²) >= 11 is 1.69. The number of hydrogen-bond acceptors (Lipinski definition) is 3.